The largest absolute Gasteiger partial charge is 0.355 e. The summed E-state index contributed by atoms with van der Waals surface area (Å²) in [7, 11) is -7.11. The lowest BCUT2D eigenvalue weighted by Gasteiger charge is -2.09. The van der Waals surface area contributed by atoms with Gasteiger partial charge in [0.05, 0.1) is 16.4 Å². The normalized spacial score (nSPS) is 11.9. The molecule has 2 aromatic carbocycles. The van der Waals surface area contributed by atoms with Gasteiger partial charge in [-0.05, 0) is 24.6 Å². The van der Waals surface area contributed by atoms with Gasteiger partial charge >= 0.3 is 0 Å². The summed E-state index contributed by atoms with van der Waals surface area (Å²) in [6.07, 6.45) is -0.228. The number of rotatable bonds is 10. The first-order valence-corrected chi connectivity index (χ1v) is 12.1. The Bertz CT molecular complexity index is 986. The van der Waals surface area contributed by atoms with Gasteiger partial charge in [-0.15, -0.1) is 0 Å². The fourth-order valence-electron chi connectivity index (χ4n) is 2.37. The van der Waals surface area contributed by atoms with E-state index in [0.29, 0.717) is 0 Å². The van der Waals surface area contributed by atoms with Crippen molar-refractivity contribution in [2.24, 2.45) is 0 Å². The number of carbonyl (C=O) groups excluding carboxylic acids is 1. The summed E-state index contributed by atoms with van der Waals surface area (Å²) in [5.74, 6) is -1.12. The molecule has 1 amide bonds. The molecule has 0 aliphatic rings. The maximum absolute atomic E-state index is 12.2. The molecular weight excluding hydrogens is 400 g/mol. The Kier molecular flexibility index (Phi) is 7.73. The number of hydrogen-bond acceptors (Lipinski definition) is 5. The monoisotopic (exact) mass is 424 g/mol. The highest BCUT2D eigenvalue weighted by Gasteiger charge is 2.17. The van der Waals surface area contributed by atoms with Crippen LogP contribution < -0.4 is 10.0 Å². The summed E-state index contributed by atoms with van der Waals surface area (Å²) >= 11 is 0. The molecule has 0 unspecified atom stereocenters. The van der Waals surface area contributed by atoms with Crippen molar-refractivity contribution in [2.45, 2.75) is 24.8 Å². The van der Waals surface area contributed by atoms with E-state index in [0.717, 1.165) is 11.1 Å². The molecule has 28 heavy (non-hydrogen) atoms. The Morgan fingerprint density at radius 1 is 0.893 bits per heavy atom. The molecule has 0 bridgehead atoms. The van der Waals surface area contributed by atoms with Gasteiger partial charge in [-0.25, -0.2) is 21.6 Å². The number of carbonyl (C=O) groups is 1. The third-order valence-corrected chi connectivity index (χ3v) is 7.07. The van der Waals surface area contributed by atoms with Crippen LogP contribution in [0.1, 0.15) is 17.5 Å². The van der Waals surface area contributed by atoms with Crippen molar-refractivity contribution < 1.29 is 21.6 Å². The fraction of sp³-hybridized carbons (Fsp3) is 0.316. The maximum Gasteiger partial charge on any atom is 0.221 e. The molecule has 2 N–H and O–H groups in total. The third-order valence-electron chi connectivity index (χ3n) is 4.01. The smallest absolute Gasteiger partial charge is 0.221 e. The van der Waals surface area contributed by atoms with Crippen molar-refractivity contribution in [3.8, 4) is 0 Å². The quantitative estimate of drug-likeness (QED) is 0.599. The van der Waals surface area contributed by atoms with Gasteiger partial charge in [-0.2, -0.15) is 0 Å². The molecule has 9 heteroatoms. The lowest BCUT2D eigenvalue weighted by Crippen LogP contribution is -2.34. The Morgan fingerprint density at radius 2 is 1.54 bits per heavy atom. The summed E-state index contributed by atoms with van der Waals surface area (Å²) in [6.45, 7) is 1.94. The number of sulfonamides is 1. The predicted molar refractivity (Wildman–Crippen MR) is 108 cm³/mol. The van der Waals surface area contributed by atoms with E-state index >= 15 is 0 Å². The summed E-state index contributed by atoms with van der Waals surface area (Å²) < 4.78 is 50.8. The first-order valence-electron chi connectivity index (χ1n) is 8.75. The average molecular weight is 425 g/mol. The summed E-state index contributed by atoms with van der Waals surface area (Å²) in [5, 5.41) is 2.45. The maximum atomic E-state index is 12.2. The van der Waals surface area contributed by atoms with Crippen LogP contribution in [0.25, 0.3) is 0 Å². The van der Waals surface area contributed by atoms with Crippen LogP contribution in [0.3, 0.4) is 0 Å². The number of amides is 1. The van der Waals surface area contributed by atoms with Crippen LogP contribution in [0.5, 0.6) is 0 Å². The Morgan fingerprint density at radius 3 is 2.18 bits per heavy atom. The molecule has 0 radical (unpaired) electrons. The lowest BCUT2D eigenvalue weighted by atomic mass is 10.2. The van der Waals surface area contributed by atoms with Crippen LogP contribution in [-0.4, -0.2) is 40.8 Å². The average Bonchev–Trinajstić information content (AvgIpc) is 2.66. The van der Waals surface area contributed by atoms with E-state index < -0.39 is 25.8 Å². The van der Waals surface area contributed by atoms with Crippen LogP contribution in [0.2, 0.25) is 0 Å². The van der Waals surface area contributed by atoms with Crippen molar-refractivity contribution >= 4 is 25.8 Å². The molecule has 0 saturated heterocycles. The van der Waals surface area contributed by atoms with Gasteiger partial charge in [-0.1, -0.05) is 48.0 Å². The van der Waals surface area contributed by atoms with E-state index in [4.69, 9.17) is 0 Å². The standard InChI is InChI=1S/C19H24N2O5S2/c1-16-7-9-18(10-8-16)27(23,24)13-11-19(22)20-12-14-28(25,26)21-15-17-5-3-2-4-6-17/h2-10,21H,11-15H2,1H3,(H,20,22). The van der Waals surface area contributed by atoms with E-state index in [9.17, 15) is 21.6 Å². The molecule has 152 valence electrons. The van der Waals surface area contributed by atoms with E-state index in [1.165, 1.54) is 12.1 Å². The van der Waals surface area contributed by atoms with Crippen molar-refractivity contribution in [1.82, 2.24) is 10.0 Å². The first-order chi connectivity index (χ1) is 13.2. The van der Waals surface area contributed by atoms with Crippen LogP contribution in [0.15, 0.2) is 59.5 Å². The summed E-state index contributed by atoms with van der Waals surface area (Å²) in [4.78, 5) is 12.0. The van der Waals surface area contributed by atoms with Crippen molar-refractivity contribution in [1.29, 1.82) is 0 Å². The Labute approximate surface area is 166 Å². The highest BCUT2D eigenvalue weighted by molar-refractivity contribution is 7.91. The number of benzene rings is 2. The molecule has 0 saturated carbocycles. The van der Waals surface area contributed by atoms with Crippen molar-refractivity contribution in [2.75, 3.05) is 18.1 Å². The van der Waals surface area contributed by atoms with E-state index in [-0.39, 0.29) is 35.9 Å². The van der Waals surface area contributed by atoms with Gasteiger partial charge in [0.2, 0.25) is 15.9 Å². The predicted octanol–water partition coefficient (Wildman–Crippen LogP) is 1.39. The second kappa shape index (κ2) is 9.81. The second-order valence-corrected chi connectivity index (χ2v) is 10.4. The van der Waals surface area contributed by atoms with Crippen LogP contribution in [0, 0.1) is 6.92 Å². The molecule has 0 fully saturated rings. The summed E-state index contributed by atoms with van der Waals surface area (Å²) in [6, 6.07) is 15.5. The van der Waals surface area contributed by atoms with Crippen LogP contribution in [-0.2, 0) is 31.2 Å². The topological polar surface area (TPSA) is 109 Å². The Hall–Kier alpha value is -2.23. The zero-order chi connectivity index (χ0) is 20.6. The second-order valence-electron chi connectivity index (χ2n) is 6.36. The van der Waals surface area contributed by atoms with Crippen molar-refractivity contribution in [3.05, 3.63) is 65.7 Å². The highest BCUT2D eigenvalue weighted by atomic mass is 32.2. The van der Waals surface area contributed by atoms with Gasteiger partial charge in [-0.3, -0.25) is 4.79 Å². The van der Waals surface area contributed by atoms with Crippen LogP contribution in [0.4, 0.5) is 0 Å². The van der Waals surface area contributed by atoms with Crippen LogP contribution >= 0.6 is 0 Å². The van der Waals surface area contributed by atoms with Gasteiger partial charge in [0.1, 0.15) is 0 Å². The van der Waals surface area contributed by atoms with Gasteiger partial charge < -0.3 is 5.32 Å². The molecular formula is C19H24N2O5S2. The molecule has 7 nitrogen and oxygen atoms in total. The third kappa shape index (κ3) is 7.41. The number of sulfone groups is 1. The van der Waals surface area contributed by atoms with E-state index in [1.807, 2.05) is 25.1 Å². The highest BCUT2D eigenvalue weighted by Crippen LogP contribution is 2.13. The first kappa shape index (κ1) is 22.1. The minimum Gasteiger partial charge on any atom is -0.355 e. The zero-order valence-corrected chi connectivity index (χ0v) is 17.2. The number of hydrogen-bond donors (Lipinski definition) is 2. The minimum atomic E-state index is -3.56. The number of aryl methyl sites for hydroxylation is 1. The molecule has 0 heterocycles. The fourth-order valence-corrected chi connectivity index (χ4v) is 4.51. The molecule has 2 rings (SSSR count). The minimum absolute atomic E-state index is 0.0897. The molecule has 0 aromatic heterocycles. The SMILES string of the molecule is Cc1ccc(S(=O)(=O)CCC(=O)NCCS(=O)(=O)NCc2ccccc2)cc1. The molecule has 0 atom stereocenters. The molecule has 0 spiro atoms. The van der Waals surface area contributed by atoms with Gasteiger partial charge in [0, 0.05) is 19.5 Å². The number of nitrogens with one attached hydrogen (secondary N) is 2. The van der Waals surface area contributed by atoms with Gasteiger partial charge in [0.25, 0.3) is 0 Å². The molecule has 0 aliphatic heterocycles. The lowest BCUT2D eigenvalue weighted by molar-refractivity contribution is -0.120. The van der Waals surface area contributed by atoms with Gasteiger partial charge in [0.15, 0.2) is 9.84 Å². The summed E-state index contributed by atoms with van der Waals surface area (Å²) in [5.41, 5.74) is 1.77. The Balaban J connectivity index is 1.73. The molecule has 2 aromatic rings. The molecule has 0 aliphatic carbocycles. The zero-order valence-electron chi connectivity index (χ0n) is 15.6. The van der Waals surface area contributed by atoms with E-state index in [2.05, 4.69) is 10.0 Å². The van der Waals surface area contributed by atoms with E-state index in [1.54, 1.807) is 24.3 Å². The van der Waals surface area contributed by atoms with Crippen molar-refractivity contribution in [3.63, 3.8) is 0 Å².